The van der Waals surface area contributed by atoms with E-state index in [1.165, 1.54) is 0 Å². The maximum Gasteiger partial charge on any atom is 0.245 e. The molecule has 8 heteroatoms. The zero-order chi connectivity index (χ0) is 20.0. The Balaban J connectivity index is 1.57. The Morgan fingerprint density at radius 2 is 1.86 bits per heavy atom. The molecule has 0 aliphatic carbocycles. The lowest BCUT2D eigenvalue weighted by Gasteiger charge is -2.20. The van der Waals surface area contributed by atoms with Crippen LogP contribution in [0.15, 0.2) is 56.5 Å². The Bertz CT molecular complexity index is 830. The van der Waals surface area contributed by atoms with Crippen molar-refractivity contribution >= 4 is 44.0 Å². The second-order valence-corrected chi connectivity index (χ2v) is 8.10. The second-order valence-electron chi connectivity index (χ2n) is 6.39. The normalized spacial score (nSPS) is 15.7. The van der Waals surface area contributed by atoms with Gasteiger partial charge in [-0.1, -0.05) is 30.3 Å². The van der Waals surface area contributed by atoms with Gasteiger partial charge in [-0.2, -0.15) is 5.10 Å². The minimum absolute atomic E-state index is 0.0873. The lowest BCUT2D eigenvalue weighted by atomic mass is 10.2. The fraction of sp³-hybridized carbons (Fsp3) is 0.300. The van der Waals surface area contributed by atoms with E-state index in [2.05, 4.69) is 42.4 Å². The molecule has 28 heavy (non-hydrogen) atoms. The SMILES string of the molecule is CC1(CC(=O)N/N=C/c2cc(Br)c(OCc3ccccc3)c(Br)c2)OCCO1. The fourth-order valence-electron chi connectivity index (χ4n) is 2.69. The van der Waals surface area contributed by atoms with Gasteiger partial charge in [0.2, 0.25) is 5.91 Å². The van der Waals surface area contributed by atoms with Gasteiger partial charge in [-0.05, 0) is 62.0 Å². The smallest absolute Gasteiger partial charge is 0.245 e. The van der Waals surface area contributed by atoms with E-state index in [-0.39, 0.29) is 12.3 Å². The van der Waals surface area contributed by atoms with Crippen molar-refractivity contribution in [2.24, 2.45) is 5.10 Å². The minimum atomic E-state index is -0.872. The zero-order valence-electron chi connectivity index (χ0n) is 15.3. The number of halogens is 2. The van der Waals surface area contributed by atoms with Crippen molar-refractivity contribution in [3.63, 3.8) is 0 Å². The van der Waals surface area contributed by atoms with Gasteiger partial charge in [0.25, 0.3) is 0 Å². The molecular weight excluding hydrogens is 492 g/mol. The fourth-order valence-corrected chi connectivity index (χ4v) is 4.14. The Kier molecular flexibility index (Phi) is 7.23. The molecule has 1 heterocycles. The van der Waals surface area contributed by atoms with Crippen LogP contribution >= 0.6 is 31.9 Å². The molecule has 1 aliphatic heterocycles. The first kappa shape index (κ1) is 21.0. The standard InChI is InChI=1S/C20H20Br2N2O4/c1-20(27-7-8-28-20)11-18(25)24-23-12-15-9-16(21)19(17(22)10-15)26-13-14-5-3-2-4-6-14/h2-6,9-10,12H,7-8,11,13H2,1H3,(H,24,25)/b23-12+. The third-order valence-electron chi connectivity index (χ3n) is 4.03. The van der Waals surface area contributed by atoms with Crippen molar-refractivity contribution < 1.29 is 19.0 Å². The third kappa shape index (κ3) is 5.88. The number of hydrogen-bond donors (Lipinski definition) is 1. The highest BCUT2D eigenvalue weighted by Gasteiger charge is 2.33. The van der Waals surface area contributed by atoms with Gasteiger partial charge in [0, 0.05) is 0 Å². The van der Waals surface area contributed by atoms with E-state index in [0.29, 0.717) is 25.6 Å². The third-order valence-corrected chi connectivity index (χ3v) is 5.21. The van der Waals surface area contributed by atoms with Gasteiger partial charge in [0.05, 0.1) is 34.8 Å². The molecule has 1 saturated heterocycles. The maximum absolute atomic E-state index is 12.0. The maximum atomic E-state index is 12.0. The number of rotatable bonds is 7. The highest BCUT2D eigenvalue weighted by molar-refractivity contribution is 9.11. The summed E-state index contributed by atoms with van der Waals surface area (Å²) in [7, 11) is 0. The van der Waals surface area contributed by atoms with Crippen molar-refractivity contribution in [3.05, 3.63) is 62.5 Å². The summed E-state index contributed by atoms with van der Waals surface area (Å²) in [5.41, 5.74) is 4.37. The van der Waals surface area contributed by atoms with Gasteiger partial charge < -0.3 is 14.2 Å². The molecule has 0 saturated carbocycles. The summed E-state index contributed by atoms with van der Waals surface area (Å²) in [5, 5.41) is 4.00. The molecule has 0 unspecified atom stereocenters. The molecule has 148 valence electrons. The average molecular weight is 512 g/mol. The number of amides is 1. The van der Waals surface area contributed by atoms with E-state index >= 15 is 0 Å². The van der Waals surface area contributed by atoms with Gasteiger partial charge in [-0.25, -0.2) is 5.43 Å². The first-order chi connectivity index (χ1) is 13.5. The molecule has 1 aliphatic rings. The molecule has 2 aromatic rings. The molecule has 0 atom stereocenters. The van der Waals surface area contributed by atoms with Crippen LogP contribution in [-0.2, 0) is 20.9 Å². The van der Waals surface area contributed by atoms with E-state index in [1.54, 1.807) is 13.1 Å². The Labute approximate surface area is 180 Å². The van der Waals surface area contributed by atoms with E-state index in [0.717, 1.165) is 20.1 Å². The van der Waals surface area contributed by atoms with E-state index < -0.39 is 5.79 Å². The van der Waals surface area contributed by atoms with Crippen LogP contribution in [0.5, 0.6) is 5.75 Å². The molecule has 0 radical (unpaired) electrons. The van der Waals surface area contributed by atoms with Crippen LogP contribution in [0.2, 0.25) is 0 Å². The summed E-state index contributed by atoms with van der Waals surface area (Å²) >= 11 is 7.04. The van der Waals surface area contributed by atoms with Gasteiger partial charge >= 0.3 is 0 Å². The molecule has 0 aromatic heterocycles. The largest absolute Gasteiger partial charge is 0.487 e. The van der Waals surface area contributed by atoms with E-state index in [9.17, 15) is 4.79 Å². The lowest BCUT2D eigenvalue weighted by molar-refractivity contribution is -0.159. The summed E-state index contributed by atoms with van der Waals surface area (Å²) in [6.07, 6.45) is 1.65. The number of hydrazone groups is 1. The molecular formula is C20H20Br2N2O4. The Morgan fingerprint density at radius 1 is 1.21 bits per heavy atom. The molecule has 0 spiro atoms. The number of ether oxygens (including phenoxy) is 3. The first-order valence-corrected chi connectivity index (χ1v) is 10.3. The number of benzene rings is 2. The van der Waals surface area contributed by atoms with Gasteiger partial charge in [-0.15, -0.1) is 0 Å². The topological polar surface area (TPSA) is 69.2 Å². The molecule has 6 nitrogen and oxygen atoms in total. The number of carbonyl (C=O) groups excluding carboxylic acids is 1. The van der Waals surface area contributed by atoms with Crippen LogP contribution in [0.4, 0.5) is 0 Å². The number of nitrogens with zero attached hydrogens (tertiary/aromatic N) is 1. The molecule has 0 bridgehead atoms. The quantitative estimate of drug-likeness (QED) is 0.442. The summed E-state index contributed by atoms with van der Waals surface area (Å²) in [5.74, 6) is -0.446. The summed E-state index contributed by atoms with van der Waals surface area (Å²) in [6, 6.07) is 13.7. The van der Waals surface area contributed by atoms with Crippen molar-refractivity contribution in [2.45, 2.75) is 25.7 Å². The minimum Gasteiger partial charge on any atom is -0.487 e. The van der Waals surface area contributed by atoms with Crippen LogP contribution in [-0.4, -0.2) is 31.1 Å². The molecule has 1 fully saturated rings. The van der Waals surface area contributed by atoms with Crippen LogP contribution in [0, 0.1) is 0 Å². The Morgan fingerprint density at radius 3 is 2.50 bits per heavy atom. The van der Waals surface area contributed by atoms with Gasteiger partial charge in [0.15, 0.2) is 5.79 Å². The number of hydrogen-bond acceptors (Lipinski definition) is 5. The van der Waals surface area contributed by atoms with Crippen molar-refractivity contribution in [1.29, 1.82) is 0 Å². The summed E-state index contributed by atoms with van der Waals surface area (Å²) in [4.78, 5) is 12.0. The van der Waals surface area contributed by atoms with Gasteiger partial charge in [-0.3, -0.25) is 4.79 Å². The average Bonchev–Trinajstić information content (AvgIpc) is 3.08. The molecule has 2 aromatic carbocycles. The predicted molar refractivity (Wildman–Crippen MR) is 113 cm³/mol. The number of carbonyl (C=O) groups is 1. The number of nitrogens with one attached hydrogen (secondary N) is 1. The van der Waals surface area contributed by atoms with E-state index in [1.807, 2.05) is 42.5 Å². The highest BCUT2D eigenvalue weighted by atomic mass is 79.9. The van der Waals surface area contributed by atoms with Crippen molar-refractivity contribution in [2.75, 3.05) is 13.2 Å². The summed E-state index contributed by atoms with van der Waals surface area (Å²) < 4.78 is 18.3. The van der Waals surface area contributed by atoms with Crippen LogP contribution < -0.4 is 10.2 Å². The highest BCUT2D eigenvalue weighted by Crippen LogP contribution is 2.35. The van der Waals surface area contributed by atoms with Crippen LogP contribution in [0.1, 0.15) is 24.5 Å². The molecule has 1 amide bonds. The van der Waals surface area contributed by atoms with Crippen LogP contribution in [0.25, 0.3) is 0 Å². The molecule has 3 rings (SSSR count). The first-order valence-electron chi connectivity index (χ1n) is 8.71. The van der Waals surface area contributed by atoms with E-state index in [4.69, 9.17) is 14.2 Å². The molecule has 1 N–H and O–H groups in total. The lowest BCUT2D eigenvalue weighted by Crippen LogP contribution is -2.33. The van der Waals surface area contributed by atoms with Crippen LogP contribution in [0.3, 0.4) is 0 Å². The van der Waals surface area contributed by atoms with Gasteiger partial charge in [0.1, 0.15) is 12.4 Å². The van der Waals surface area contributed by atoms with Crippen molar-refractivity contribution in [1.82, 2.24) is 5.43 Å². The Hall–Kier alpha value is -1.74. The van der Waals surface area contributed by atoms with Crippen molar-refractivity contribution in [3.8, 4) is 5.75 Å². The second kappa shape index (κ2) is 9.65. The monoisotopic (exact) mass is 510 g/mol. The zero-order valence-corrected chi connectivity index (χ0v) is 18.5. The predicted octanol–water partition coefficient (Wildman–Crippen LogP) is 4.39. The summed E-state index contributed by atoms with van der Waals surface area (Å²) in [6.45, 7) is 3.19.